The van der Waals surface area contributed by atoms with E-state index in [0.717, 1.165) is 34.9 Å². The number of hydrogen-bond donors (Lipinski definition) is 2. The molecular formula is C16H14N4O. The molecule has 1 aromatic carbocycles. The van der Waals surface area contributed by atoms with Crippen LogP contribution in [0.2, 0.25) is 0 Å². The molecule has 0 radical (unpaired) electrons. The molecule has 2 heterocycles. The summed E-state index contributed by atoms with van der Waals surface area (Å²) >= 11 is 0. The van der Waals surface area contributed by atoms with Crippen molar-refractivity contribution in [2.24, 2.45) is 5.92 Å². The summed E-state index contributed by atoms with van der Waals surface area (Å²) < 4.78 is 0. The van der Waals surface area contributed by atoms with Gasteiger partial charge in [0.15, 0.2) is 5.82 Å². The Morgan fingerprint density at radius 2 is 1.95 bits per heavy atom. The number of hydrogen-bond acceptors (Lipinski definition) is 3. The second-order valence-electron chi connectivity index (χ2n) is 5.33. The lowest BCUT2D eigenvalue weighted by atomic mass is 10.1. The number of aromatic amines is 1. The van der Waals surface area contributed by atoms with Crippen molar-refractivity contribution in [1.29, 1.82) is 0 Å². The number of pyridine rings is 1. The topological polar surface area (TPSA) is 70.7 Å². The number of amides is 1. The molecule has 5 heteroatoms. The van der Waals surface area contributed by atoms with Gasteiger partial charge < -0.3 is 5.32 Å². The van der Waals surface area contributed by atoms with Crippen LogP contribution in [0.25, 0.3) is 22.0 Å². The molecule has 4 rings (SSSR count). The number of nitrogens with one attached hydrogen (secondary N) is 2. The zero-order chi connectivity index (χ0) is 14.2. The summed E-state index contributed by atoms with van der Waals surface area (Å²) in [6.45, 7) is 0. The molecule has 0 saturated heterocycles. The van der Waals surface area contributed by atoms with Crippen molar-refractivity contribution in [3.05, 3.63) is 42.7 Å². The molecule has 0 aliphatic heterocycles. The summed E-state index contributed by atoms with van der Waals surface area (Å²) in [6, 6.07) is 9.97. The third kappa shape index (κ3) is 2.27. The van der Waals surface area contributed by atoms with Gasteiger partial charge >= 0.3 is 0 Å². The van der Waals surface area contributed by atoms with Crippen molar-refractivity contribution in [3.63, 3.8) is 0 Å². The van der Waals surface area contributed by atoms with Crippen molar-refractivity contribution in [1.82, 2.24) is 15.2 Å². The first-order valence-corrected chi connectivity index (χ1v) is 7.00. The summed E-state index contributed by atoms with van der Waals surface area (Å²) in [7, 11) is 0. The van der Waals surface area contributed by atoms with Gasteiger partial charge in [-0.25, -0.2) is 0 Å². The lowest BCUT2D eigenvalue weighted by Crippen LogP contribution is -2.13. The number of H-pyrrole nitrogens is 1. The molecule has 1 fully saturated rings. The molecule has 2 N–H and O–H groups in total. The number of carbonyl (C=O) groups excluding carboxylic acids is 1. The molecule has 2 aromatic heterocycles. The maximum absolute atomic E-state index is 11.8. The summed E-state index contributed by atoms with van der Waals surface area (Å²) in [5, 5.41) is 11.0. The van der Waals surface area contributed by atoms with Crippen LogP contribution in [0.15, 0.2) is 42.7 Å². The third-order valence-corrected chi connectivity index (χ3v) is 3.77. The van der Waals surface area contributed by atoms with E-state index in [9.17, 15) is 4.79 Å². The fourth-order valence-corrected chi connectivity index (χ4v) is 2.40. The number of anilines is 1. The highest BCUT2D eigenvalue weighted by Gasteiger charge is 2.30. The van der Waals surface area contributed by atoms with Gasteiger partial charge in [-0.05, 0) is 48.2 Å². The van der Waals surface area contributed by atoms with Crippen molar-refractivity contribution >= 4 is 22.6 Å². The fourth-order valence-electron chi connectivity index (χ4n) is 2.40. The smallest absolute Gasteiger partial charge is 0.228 e. The molecule has 3 aromatic rings. The molecule has 104 valence electrons. The molecule has 1 aliphatic rings. The van der Waals surface area contributed by atoms with Gasteiger partial charge in [-0.15, -0.1) is 0 Å². The van der Waals surface area contributed by atoms with Crippen molar-refractivity contribution in [3.8, 4) is 11.1 Å². The van der Waals surface area contributed by atoms with Gasteiger partial charge in [0.25, 0.3) is 0 Å². The maximum atomic E-state index is 11.8. The Balaban J connectivity index is 1.68. The van der Waals surface area contributed by atoms with Crippen LogP contribution in [0.1, 0.15) is 12.8 Å². The lowest BCUT2D eigenvalue weighted by Gasteiger charge is -2.02. The van der Waals surface area contributed by atoms with Crippen molar-refractivity contribution in [2.75, 3.05) is 5.32 Å². The Morgan fingerprint density at radius 1 is 1.14 bits per heavy atom. The van der Waals surface area contributed by atoms with E-state index in [-0.39, 0.29) is 11.8 Å². The number of nitrogens with zero attached hydrogens (tertiary/aromatic N) is 2. The molecule has 21 heavy (non-hydrogen) atoms. The standard InChI is InChI=1S/C16H14N4O/c21-16(11-1-2-11)18-15-13-4-3-12(9-14(13)19-20-15)10-5-7-17-8-6-10/h3-9,11H,1-2H2,(H2,18,19,20,21). The molecule has 5 nitrogen and oxygen atoms in total. The minimum absolute atomic E-state index is 0.0709. The Labute approximate surface area is 121 Å². The van der Waals surface area contributed by atoms with Crippen LogP contribution in [-0.2, 0) is 4.79 Å². The average Bonchev–Trinajstić information content (AvgIpc) is 3.31. The monoisotopic (exact) mass is 278 g/mol. The second-order valence-corrected chi connectivity index (χ2v) is 5.33. The molecule has 0 atom stereocenters. The maximum Gasteiger partial charge on any atom is 0.228 e. The summed E-state index contributed by atoms with van der Waals surface area (Å²) in [6.07, 6.45) is 5.52. The van der Waals surface area contributed by atoms with Gasteiger partial charge in [0, 0.05) is 23.7 Å². The molecule has 0 bridgehead atoms. The van der Waals surface area contributed by atoms with E-state index in [4.69, 9.17) is 0 Å². The first kappa shape index (κ1) is 12.1. The quantitative estimate of drug-likeness (QED) is 0.773. The lowest BCUT2D eigenvalue weighted by molar-refractivity contribution is -0.117. The van der Waals surface area contributed by atoms with E-state index in [0.29, 0.717) is 5.82 Å². The van der Waals surface area contributed by atoms with E-state index in [2.05, 4.69) is 20.5 Å². The average molecular weight is 278 g/mol. The normalized spacial score (nSPS) is 14.3. The minimum atomic E-state index is 0.0709. The predicted molar refractivity (Wildman–Crippen MR) is 80.7 cm³/mol. The molecule has 0 spiro atoms. The van der Waals surface area contributed by atoms with E-state index in [1.807, 2.05) is 30.3 Å². The number of benzene rings is 1. The van der Waals surface area contributed by atoms with Gasteiger partial charge in [0.1, 0.15) is 0 Å². The Hall–Kier alpha value is -2.69. The highest BCUT2D eigenvalue weighted by molar-refractivity contribution is 6.02. The molecular weight excluding hydrogens is 264 g/mol. The van der Waals surface area contributed by atoms with Crippen LogP contribution in [0.5, 0.6) is 0 Å². The zero-order valence-corrected chi connectivity index (χ0v) is 11.3. The Bertz CT molecular complexity index is 806. The van der Waals surface area contributed by atoms with Gasteiger partial charge in [-0.3, -0.25) is 14.9 Å². The largest absolute Gasteiger partial charge is 0.308 e. The molecule has 1 amide bonds. The number of carbonyl (C=O) groups is 1. The SMILES string of the molecule is O=C(Nc1n[nH]c2cc(-c3ccncc3)ccc12)C1CC1. The third-order valence-electron chi connectivity index (χ3n) is 3.77. The zero-order valence-electron chi connectivity index (χ0n) is 11.3. The van der Waals surface area contributed by atoms with Crippen LogP contribution < -0.4 is 5.32 Å². The molecule has 1 aliphatic carbocycles. The van der Waals surface area contributed by atoms with Gasteiger partial charge in [0.05, 0.1) is 5.52 Å². The Morgan fingerprint density at radius 3 is 2.71 bits per heavy atom. The Kier molecular flexibility index (Phi) is 2.70. The minimum Gasteiger partial charge on any atom is -0.308 e. The van der Waals surface area contributed by atoms with E-state index in [1.165, 1.54) is 0 Å². The van der Waals surface area contributed by atoms with E-state index in [1.54, 1.807) is 12.4 Å². The van der Waals surface area contributed by atoms with Crippen molar-refractivity contribution < 1.29 is 4.79 Å². The van der Waals surface area contributed by atoms with Gasteiger partial charge in [0.2, 0.25) is 5.91 Å². The van der Waals surface area contributed by atoms with Gasteiger partial charge in [-0.2, -0.15) is 5.10 Å². The predicted octanol–water partition coefficient (Wildman–Crippen LogP) is 2.97. The van der Waals surface area contributed by atoms with Crippen LogP contribution in [0.3, 0.4) is 0 Å². The molecule has 0 unspecified atom stereocenters. The number of aromatic nitrogens is 3. The van der Waals surface area contributed by atoms with Crippen LogP contribution >= 0.6 is 0 Å². The first-order chi connectivity index (χ1) is 10.3. The second kappa shape index (κ2) is 4.70. The highest BCUT2D eigenvalue weighted by Crippen LogP contribution is 2.31. The van der Waals surface area contributed by atoms with Gasteiger partial charge in [-0.1, -0.05) is 6.07 Å². The van der Waals surface area contributed by atoms with Crippen molar-refractivity contribution in [2.45, 2.75) is 12.8 Å². The number of rotatable bonds is 3. The van der Waals surface area contributed by atoms with Crippen LogP contribution in [-0.4, -0.2) is 21.1 Å². The summed E-state index contributed by atoms with van der Waals surface area (Å²) in [4.78, 5) is 15.9. The van der Waals surface area contributed by atoms with Crippen LogP contribution in [0.4, 0.5) is 5.82 Å². The highest BCUT2D eigenvalue weighted by atomic mass is 16.2. The fraction of sp³-hybridized carbons (Fsp3) is 0.188. The van der Waals surface area contributed by atoms with E-state index < -0.39 is 0 Å². The van der Waals surface area contributed by atoms with Crippen LogP contribution in [0, 0.1) is 5.92 Å². The summed E-state index contributed by atoms with van der Waals surface area (Å²) in [5.41, 5.74) is 3.11. The summed E-state index contributed by atoms with van der Waals surface area (Å²) in [5.74, 6) is 0.859. The number of fused-ring (bicyclic) bond motifs is 1. The molecule has 1 saturated carbocycles. The van der Waals surface area contributed by atoms with E-state index >= 15 is 0 Å². The first-order valence-electron chi connectivity index (χ1n) is 7.00.